The van der Waals surface area contributed by atoms with E-state index in [2.05, 4.69) is 43.2 Å². The van der Waals surface area contributed by atoms with Crippen LogP contribution in [-0.2, 0) is 6.54 Å². The molecule has 0 unspecified atom stereocenters. The summed E-state index contributed by atoms with van der Waals surface area (Å²) in [7, 11) is 2.15. The van der Waals surface area contributed by atoms with Crippen LogP contribution >= 0.6 is 24.0 Å². The van der Waals surface area contributed by atoms with Gasteiger partial charge < -0.3 is 20.9 Å². The molecule has 0 atom stereocenters. The van der Waals surface area contributed by atoms with Crippen molar-refractivity contribution in [2.75, 3.05) is 43.4 Å². The highest BCUT2D eigenvalue weighted by Crippen LogP contribution is 2.15. The fraction of sp³-hybridized carbons (Fsp3) is 0.353. The van der Waals surface area contributed by atoms with Gasteiger partial charge >= 0.3 is 0 Å². The maximum absolute atomic E-state index is 5.92. The fourth-order valence-electron chi connectivity index (χ4n) is 2.55. The van der Waals surface area contributed by atoms with Crippen molar-refractivity contribution < 1.29 is 0 Å². The predicted octanol–water partition coefficient (Wildman–Crippen LogP) is 1.77. The van der Waals surface area contributed by atoms with E-state index in [1.807, 2.05) is 30.5 Å². The maximum Gasteiger partial charge on any atom is 0.194 e. The van der Waals surface area contributed by atoms with Crippen LogP contribution < -0.4 is 16.0 Å². The number of nitrogens with one attached hydrogen (secondary N) is 1. The van der Waals surface area contributed by atoms with Crippen LogP contribution in [0.4, 0.5) is 11.6 Å². The molecular formula is C17H24IN7. The fourth-order valence-corrected chi connectivity index (χ4v) is 2.55. The lowest BCUT2D eigenvalue weighted by molar-refractivity contribution is 0.312. The molecule has 0 saturated carbocycles. The Bertz CT molecular complexity index is 684. The van der Waals surface area contributed by atoms with Gasteiger partial charge in [0.15, 0.2) is 5.96 Å². The molecule has 0 aromatic carbocycles. The van der Waals surface area contributed by atoms with Gasteiger partial charge in [-0.05, 0) is 36.9 Å². The molecule has 2 aromatic rings. The number of likely N-dealkylation sites (N-methyl/N-ethyl adjacent to an activating group) is 1. The Hall–Kier alpha value is -1.94. The van der Waals surface area contributed by atoms with Gasteiger partial charge in [0.1, 0.15) is 11.6 Å². The molecule has 7 nitrogen and oxygen atoms in total. The van der Waals surface area contributed by atoms with E-state index in [9.17, 15) is 0 Å². The SMILES string of the molecule is CN1CCN(c2cc(CN=C(N)Nc3ccccn3)ccn2)CC1.I. The number of hydrogen-bond acceptors (Lipinski definition) is 5. The third-order valence-electron chi connectivity index (χ3n) is 3.99. The number of pyridine rings is 2. The summed E-state index contributed by atoms with van der Waals surface area (Å²) in [6, 6.07) is 9.66. The van der Waals surface area contributed by atoms with Gasteiger partial charge in [0.25, 0.3) is 0 Å². The molecule has 0 bridgehead atoms. The Morgan fingerprint density at radius 1 is 1.16 bits per heavy atom. The number of aliphatic imine (C=N–C) groups is 1. The lowest BCUT2D eigenvalue weighted by atomic mass is 10.2. The van der Waals surface area contributed by atoms with Crippen LogP contribution in [0.5, 0.6) is 0 Å². The van der Waals surface area contributed by atoms with Crippen LogP contribution in [0.15, 0.2) is 47.7 Å². The van der Waals surface area contributed by atoms with Crippen LogP contribution in [0, 0.1) is 0 Å². The predicted molar refractivity (Wildman–Crippen MR) is 113 cm³/mol. The summed E-state index contributed by atoms with van der Waals surface area (Å²) in [5, 5.41) is 2.98. The van der Waals surface area contributed by atoms with Gasteiger partial charge in [-0.15, -0.1) is 24.0 Å². The molecule has 3 rings (SSSR count). The first-order chi connectivity index (χ1) is 11.7. The van der Waals surface area contributed by atoms with E-state index in [1.54, 1.807) is 6.20 Å². The molecule has 0 aliphatic carbocycles. The third-order valence-corrected chi connectivity index (χ3v) is 3.99. The minimum Gasteiger partial charge on any atom is -0.370 e. The lowest BCUT2D eigenvalue weighted by Gasteiger charge is -2.33. The normalized spacial score (nSPS) is 15.6. The van der Waals surface area contributed by atoms with E-state index in [1.165, 1.54) is 0 Å². The number of nitrogens with zero attached hydrogens (tertiary/aromatic N) is 5. The highest BCUT2D eigenvalue weighted by Gasteiger charge is 2.15. The number of guanidine groups is 1. The molecule has 1 fully saturated rings. The van der Waals surface area contributed by atoms with Crippen molar-refractivity contribution in [2.24, 2.45) is 10.7 Å². The minimum atomic E-state index is 0. The topological polar surface area (TPSA) is 82.7 Å². The van der Waals surface area contributed by atoms with Crippen LogP contribution in [0.25, 0.3) is 0 Å². The quantitative estimate of drug-likeness (QED) is 0.417. The summed E-state index contributed by atoms with van der Waals surface area (Å²) in [5.74, 6) is 2.05. The van der Waals surface area contributed by atoms with Crippen LogP contribution in [0.3, 0.4) is 0 Å². The first-order valence-electron chi connectivity index (χ1n) is 8.07. The molecule has 134 valence electrons. The van der Waals surface area contributed by atoms with Gasteiger partial charge in [0.2, 0.25) is 0 Å². The maximum atomic E-state index is 5.92. The van der Waals surface area contributed by atoms with Crippen LogP contribution in [0.2, 0.25) is 0 Å². The van der Waals surface area contributed by atoms with Crippen molar-refractivity contribution in [3.63, 3.8) is 0 Å². The van der Waals surface area contributed by atoms with Gasteiger partial charge in [-0.2, -0.15) is 0 Å². The van der Waals surface area contributed by atoms with E-state index in [0.29, 0.717) is 18.3 Å². The van der Waals surface area contributed by atoms with E-state index in [-0.39, 0.29) is 24.0 Å². The van der Waals surface area contributed by atoms with Gasteiger partial charge in [0.05, 0.1) is 6.54 Å². The van der Waals surface area contributed by atoms with Crippen molar-refractivity contribution in [3.05, 3.63) is 48.3 Å². The van der Waals surface area contributed by atoms with E-state index >= 15 is 0 Å². The molecule has 8 heteroatoms. The molecule has 0 amide bonds. The number of anilines is 2. The standard InChI is InChI=1S/C17H23N7.HI/c1-23-8-10-24(11-9-23)16-12-14(5-7-20-16)13-21-17(18)22-15-4-2-3-6-19-15;/h2-7,12H,8-11,13H2,1H3,(H3,18,19,21,22);1H. The number of halogens is 1. The minimum absolute atomic E-state index is 0. The molecule has 1 aliphatic heterocycles. The molecule has 3 N–H and O–H groups in total. The van der Waals surface area contributed by atoms with E-state index in [4.69, 9.17) is 5.73 Å². The van der Waals surface area contributed by atoms with Gasteiger partial charge in [0, 0.05) is 38.6 Å². The van der Waals surface area contributed by atoms with Crippen molar-refractivity contribution in [2.45, 2.75) is 6.54 Å². The Labute approximate surface area is 165 Å². The molecular weight excluding hydrogens is 429 g/mol. The second kappa shape index (κ2) is 9.52. The molecule has 0 spiro atoms. The number of rotatable bonds is 4. The molecule has 0 radical (unpaired) electrons. The summed E-state index contributed by atoms with van der Waals surface area (Å²) >= 11 is 0. The smallest absolute Gasteiger partial charge is 0.194 e. The Kier molecular flexibility index (Phi) is 7.38. The van der Waals surface area contributed by atoms with Crippen molar-refractivity contribution in [1.29, 1.82) is 0 Å². The van der Waals surface area contributed by atoms with E-state index in [0.717, 1.165) is 37.6 Å². The van der Waals surface area contributed by atoms with Crippen molar-refractivity contribution in [3.8, 4) is 0 Å². The van der Waals surface area contributed by atoms with Gasteiger partial charge in [-0.3, -0.25) is 0 Å². The Balaban J connectivity index is 0.00000225. The number of piperazine rings is 1. The molecule has 2 aromatic heterocycles. The zero-order valence-corrected chi connectivity index (χ0v) is 16.6. The zero-order valence-electron chi connectivity index (χ0n) is 14.3. The van der Waals surface area contributed by atoms with Crippen LogP contribution in [-0.4, -0.2) is 54.1 Å². The monoisotopic (exact) mass is 453 g/mol. The summed E-state index contributed by atoms with van der Waals surface area (Å²) < 4.78 is 0. The Morgan fingerprint density at radius 2 is 1.96 bits per heavy atom. The second-order valence-corrected chi connectivity index (χ2v) is 5.85. The highest BCUT2D eigenvalue weighted by molar-refractivity contribution is 14.0. The van der Waals surface area contributed by atoms with Crippen molar-refractivity contribution >= 4 is 41.6 Å². The molecule has 1 aliphatic rings. The summed E-state index contributed by atoms with van der Waals surface area (Å²) in [6.07, 6.45) is 3.54. The number of aromatic nitrogens is 2. The molecule has 3 heterocycles. The summed E-state index contributed by atoms with van der Waals surface area (Å²) in [4.78, 5) is 17.7. The van der Waals surface area contributed by atoms with Crippen molar-refractivity contribution in [1.82, 2.24) is 14.9 Å². The summed E-state index contributed by atoms with van der Waals surface area (Å²) in [6.45, 7) is 4.63. The largest absolute Gasteiger partial charge is 0.370 e. The average molecular weight is 453 g/mol. The lowest BCUT2D eigenvalue weighted by Crippen LogP contribution is -2.44. The second-order valence-electron chi connectivity index (χ2n) is 5.85. The first-order valence-corrected chi connectivity index (χ1v) is 8.07. The Morgan fingerprint density at radius 3 is 2.68 bits per heavy atom. The third kappa shape index (κ3) is 5.82. The van der Waals surface area contributed by atoms with Gasteiger partial charge in [-0.1, -0.05) is 6.07 Å². The first kappa shape index (κ1) is 19.4. The zero-order chi connectivity index (χ0) is 16.8. The highest BCUT2D eigenvalue weighted by atomic mass is 127. The average Bonchev–Trinajstić information content (AvgIpc) is 2.62. The summed E-state index contributed by atoms with van der Waals surface area (Å²) in [5.41, 5.74) is 7.00. The van der Waals surface area contributed by atoms with Crippen LogP contribution in [0.1, 0.15) is 5.56 Å². The van der Waals surface area contributed by atoms with E-state index < -0.39 is 0 Å². The molecule has 25 heavy (non-hydrogen) atoms. The number of hydrogen-bond donors (Lipinski definition) is 2. The van der Waals surface area contributed by atoms with Gasteiger partial charge in [-0.25, -0.2) is 15.0 Å². The number of nitrogens with two attached hydrogens (primary N) is 1. The molecule has 1 saturated heterocycles.